The number of carbonyl (C=O) groups excluding carboxylic acids is 2. The number of esters is 1. The molecule has 2 aromatic rings. The normalized spacial score (nSPS) is 19.7. The number of carbonyl (C=O) groups is 2. The molecular weight excluding hydrogens is 510 g/mol. The van der Waals surface area contributed by atoms with E-state index in [9.17, 15) is 9.59 Å². The van der Waals surface area contributed by atoms with Crippen molar-refractivity contribution in [3.63, 3.8) is 0 Å². The van der Waals surface area contributed by atoms with Crippen LogP contribution >= 0.6 is 15.9 Å². The Labute approximate surface area is 214 Å². The lowest BCUT2D eigenvalue weighted by Crippen LogP contribution is -2.36. The largest absolute Gasteiger partial charge is 0.497 e. The van der Waals surface area contributed by atoms with E-state index in [1.165, 1.54) is 0 Å². The standard InChI is InChI=1S/C28H30BrNO5/c1-5-12-35-28(32)25-16(2)30-22-14-19(17-6-9-20(33-3)10-7-17)15-23(31)27(22)26(25)18-8-11-24(34-4)21(29)13-18/h6-11,13,19,26,30H,5,12,14-15H2,1-4H3/t19-,26+/m0/s1. The Balaban J connectivity index is 1.77. The SMILES string of the molecule is CCCOC(=O)C1=C(C)NC2=C(C(=O)C[C@@H](c3ccc(OC)cc3)C2)[C@@H]1c1ccc(OC)c(Br)c1. The monoisotopic (exact) mass is 539 g/mol. The first-order valence-corrected chi connectivity index (χ1v) is 12.6. The van der Waals surface area contributed by atoms with Crippen molar-refractivity contribution in [2.24, 2.45) is 0 Å². The number of hydrogen-bond donors (Lipinski definition) is 1. The molecule has 2 atom stereocenters. The van der Waals surface area contributed by atoms with Gasteiger partial charge in [0.05, 0.1) is 30.9 Å². The number of hydrogen-bond acceptors (Lipinski definition) is 6. The van der Waals surface area contributed by atoms with E-state index < -0.39 is 11.9 Å². The van der Waals surface area contributed by atoms with E-state index in [0.29, 0.717) is 42.0 Å². The number of nitrogens with one attached hydrogen (secondary N) is 1. The third kappa shape index (κ3) is 5.01. The molecule has 2 aromatic carbocycles. The van der Waals surface area contributed by atoms with Crippen molar-refractivity contribution in [3.8, 4) is 11.5 Å². The van der Waals surface area contributed by atoms with Crippen molar-refractivity contribution < 1.29 is 23.8 Å². The topological polar surface area (TPSA) is 73.9 Å². The number of ether oxygens (including phenoxy) is 3. The Bertz CT molecular complexity index is 1200. The lowest BCUT2D eigenvalue weighted by Gasteiger charge is -2.36. The van der Waals surface area contributed by atoms with E-state index in [4.69, 9.17) is 14.2 Å². The van der Waals surface area contributed by atoms with Gasteiger partial charge in [-0.1, -0.05) is 25.1 Å². The summed E-state index contributed by atoms with van der Waals surface area (Å²) >= 11 is 3.56. The second kappa shape index (κ2) is 10.7. The summed E-state index contributed by atoms with van der Waals surface area (Å²) in [4.78, 5) is 26.9. The minimum Gasteiger partial charge on any atom is -0.497 e. The van der Waals surface area contributed by atoms with Crippen molar-refractivity contribution in [2.75, 3.05) is 20.8 Å². The van der Waals surface area contributed by atoms with Gasteiger partial charge in [0.25, 0.3) is 0 Å². The van der Waals surface area contributed by atoms with Gasteiger partial charge in [-0.3, -0.25) is 4.79 Å². The smallest absolute Gasteiger partial charge is 0.336 e. The third-order valence-corrected chi connectivity index (χ3v) is 7.20. The molecule has 1 N–H and O–H groups in total. The zero-order valence-corrected chi connectivity index (χ0v) is 22.0. The van der Waals surface area contributed by atoms with E-state index in [-0.39, 0.29) is 11.7 Å². The van der Waals surface area contributed by atoms with Gasteiger partial charge in [-0.15, -0.1) is 0 Å². The Hall–Kier alpha value is -3.06. The lowest BCUT2D eigenvalue weighted by atomic mass is 9.71. The Morgan fingerprint density at radius 1 is 1.06 bits per heavy atom. The molecule has 6 nitrogen and oxygen atoms in total. The van der Waals surface area contributed by atoms with Gasteiger partial charge in [0.15, 0.2) is 5.78 Å². The summed E-state index contributed by atoms with van der Waals surface area (Å²) in [6, 6.07) is 13.5. The molecule has 0 saturated carbocycles. The van der Waals surface area contributed by atoms with Crippen molar-refractivity contribution in [2.45, 2.75) is 44.9 Å². The molecule has 184 valence electrons. The van der Waals surface area contributed by atoms with Gasteiger partial charge in [0.1, 0.15) is 11.5 Å². The molecule has 0 spiro atoms. The molecular formula is C28H30BrNO5. The van der Waals surface area contributed by atoms with Gasteiger partial charge < -0.3 is 19.5 Å². The zero-order chi connectivity index (χ0) is 25.1. The van der Waals surface area contributed by atoms with Crippen LogP contribution in [0.15, 0.2) is 69.5 Å². The van der Waals surface area contributed by atoms with Crippen LogP contribution in [0.5, 0.6) is 11.5 Å². The van der Waals surface area contributed by atoms with Crippen LogP contribution in [0.1, 0.15) is 56.1 Å². The Morgan fingerprint density at radius 3 is 2.40 bits per heavy atom. The van der Waals surface area contributed by atoms with Crippen molar-refractivity contribution in [1.29, 1.82) is 0 Å². The van der Waals surface area contributed by atoms with Gasteiger partial charge in [-0.25, -0.2) is 4.79 Å². The van der Waals surface area contributed by atoms with Crippen LogP contribution in [0, 0.1) is 0 Å². The molecule has 4 rings (SSSR count). The van der Waals surface area contributed by atoms with Crippen LogP contribution in [-0.2, 0) is 14.3 Å². The first-order chi connectivity index (χ1) is 16.9. The number of allylic oxidation sites excluding steroid dienone is 3. The first kappa shape index (κ1) is 25.0. The minimum absolute atomic E-state index is 0.0322. The number of Topliss-reactive ketones (excluding diaryl/α,β-unsaturated/α-hetero) is 1. The number of halogens is 1. The number of dihydropyridines is 1. The first-order valence-electron chi connectivity index (χ1n) is 11.8. The van der Waals surface area contributed by atoms with E-state index in [1.807, 2.05) is 56.3 Å². The highest BCUT2D eigenvalue weighted by Gasteiger charge is 2.41. The van der Waals surface area contributed by atoms with Crippen LogP contribution in [0.4, 0.5) is 0 Å². The number of benzene rings is 2. The molecule has 0 radical (unpaired) electrons. The Kier molecular flexibility index (Phi) is 7.65. The molecule has 0 amide bonds. The molecule has 35 heavy (non-hydrogen) atoms. The molecule has 0 fully saturated rings. The summed E-state index contributed by atoms with van der Waals surface area (Å²) in [5, 5.41) is 3.39. The highest BCUT2D eigenvalue weighted by Crippen LogP contribution is 2.46. The van der Waals surface area contributed by atoms with E-state index >= 15 is 0 Å². The molecule has 1 aliphatic heterocycles. The number of ketones is 1. The van der Waals surface area contributed by atoms with E-state index in [0.717, 1.165) is 33.5 Å². The van der Waals surface area contributed by atoms with Gasteiger partial charge in [-0.05, 0) is 77.0 Å². The summed E-state index contributed by atoms with van der Waals surface area (Å²) in [5.74, 6) is 0.634. The maximum atomic E-state index is 13.7. The number of methoxy groups -OCH3 is 2. The molecule has 7 heteroatoms. The fourth-order valence-corrected chi connectivity index (χ4v) is 5.45. The predicted molar refractivity (Wildman–Crippen MR) is 138 cm³/mol. The second-order valence-corrected chi connectivity index (χ2v) is 9.67. The Morgan fingerprint density at radius 2 is 1.77 bits per heavy atom. The van der Waals surface area contributed by atoms with Crippen molar-refractivity contribution >= 4 is 27.7 Å². The minimum atomic E-state index is -0.512. The average molecular weight is 540 g/mol. The van der Waals surface area contributed by atoms with Crippen LogP contribution in [0.2, 0.25) is 0 Å². The highest BCUT2D eigenvalue weighted by molar-refractivity contribution is 9.10. The predicted octanol–water partition coefficient (Wildman–Crippen LogP) is 5.78. The summed E-state index contributed by atoms with van der Waals surface area (Å²) in [7, 11) is 3.24. The molecule has 2 aliphatic rings. The van der Waals surface area contributed by atoms with Crippen molar-refractivity contribution in [3.05, 3.63) is 80.6 Å². The maximum Gasteiger partial charge on any atom is 0.336 e. The molecule has 0 unspecified atom stereocenters. The maximum absolute atomic E-state index is 13.7. The van der Waals surface area contributed by atoms with Crippen LogP contribution in [0.3, 0.4) is 0 Å². The highest BCUT2D eigenvalue weighted by atomic mass is 79.9. The summed E-state index contributed by atoms with van der Waals surface area (Å²) in [6.07, 6.45) is 1.77. The van der Waals surface area contributed by atoms with E-state index in [2.05, 4.69) is 21.2 Å². The van der Waals surface area contributed by atoms with Crippen LogP contribution in [-0.4, -0.2) is 32.6 Å². The average Bonchev–Trinajstić information content (AvgIpc) is 2.86. The second-order valence-electron chi connectivity index (χ2n) is 8.82. The van der Waals surface area contributed by atoms with E-state index in [1.54, 1.807) is 14.2 Å². The fraction of sp³-hybridized carbons (Fsp3) is 0.357. The van der Waals surface area contributed by atoms with Crippen LogP contribution in [0.25, 0.3) is 0 Å². The molecule has 1 aliphatic carbocycles. The van der Waals surface area contributed by atoms with Gasteiger partial charge in [-0.2, -0.15) is 0 Å². The summed E-state index contributed by atoms with van der Waals surface area (Å²) in [6.45, 7) is 4.16. The quantitative estimate of drug-likeness (QED) is 0.449. The molecule has 0 saturated heterocycles. The molecule has 0 bridgehead atoms. The van der Waals surface area contributed by atoms with Gasteiger partial charge in [0, 0.05) is 29.3 Å². The van der Waals surface area contributed by atoms with Crippen LogP contribution < -0.4 is 14.8 Å². The lowest BCUT2D eigenvalue weighted by molar-refractivity contribution is -0.139. The number of rotatable bonds is 7. The fourth-order valence-electron chi connectivity index (χ4n) is 4.89. The van der Waals surface area contributed by atoms with Gasteiger partial charge in [0.2, 0.25) is 0 Å². The molecule has 1 heterocycles. The zero-order valence-electron chi connectivity index (χ0n) is 20.4. The van der Waals surface area contributed by atoms with Crippen molar-refractivity contribution in [1.82, 2.24) is 5.32 Å². The third-order valence-electron chi connectivity index (χ3n) is 6.58. The summed E-state index contributed by atoms with van der Waals surface area (Å²) in [5.41, 5.74) is 4.62. The summed E-state index contributed by atoms with van der Waals surface area (Å²) < 4.78 is 17.0. The van der Waals surface area contributed by atoms with Gasteiger partial charge >= 0.3 is 5.97 Å². The molecule has 0 aromatic heterocycles.